The summed E-state index contributed by atoms with van der Waals surface area (Å²) in [6, 6.07) is 0.476. The Labute approximate surface area is 107 Å². The molecule has 2 aliphatic rings. The zero-order chi connectivity index (χ0) is 11.8. The van der Waals surface area contributed by atoms with Crippen LogP contribution in [-0.2, 0) is 11.3 Å². The summed E-state index contributed by atoms with van der Waals surface area (Å²) >= 11 is 7.25. The van der Waals surface area contributed by atoms with Gasteiger partial charge in [0.15, 0.2) is 16.9 Å². The van der Waals surface area contributed by atoms with Crippen LogP contribution in [-0.4, -0.2) is 34.5 Å². The highest BCUT2D eigenvalue weighted by Crippen LogP contribution is 2.31. The molecule has 3 rings (SSSR count). The predicted molar refractivity (Wildman–Crippen MR) is 64.5 cm³/mol. The molecule has 0 spiro atoms. The van der Waals surface area contributed by atoms with Gasteiger partial charge in [0.2, 0.25) is 0 Å². The largest absolute Gasteiger partial charge is 0.440 e. The molecule has 17 heavy (non-hydrogen) atoms. The Morgan fingerprint density at radius 1 is 1.59 bits per heavy atom. The van der Waals surface area contributed by atoms with Gasteiger partial charge in [0.05, 0.1) is 6.54 Å². The fraction of sp³-hybridized carbons (Fsp3) is 0.500. The number of halogens is 1. The molecule has 1 amide bonds. The molecule has 0 bridgehead atoms. The number of nitrogens with zero attached hydrogens (tertiary/aromatic N) is 3. The molecule has 1 aliphatic carbocycles. The van der Waals surface area contributed by atoms with Crippen LogP contribution in [0.3, 0.4) is 0 Å². The van der Waals surface area contributed by atoms with Gasteiger partial charge in [-0.15, -0.1) is 11.3 Å². The Balaban J connectivity index is 1.76. The van der Waals surface area contributed by atoms with Crippen LogP contribution in [0.2, 0.25) is 4.47 Å². The molecule has 0 atom stereocenters. The number of aromatic nitrogens is 1. The van der Waals surface area contributed by atoms with E-state index in [1.54, 1.807) is 6.20 Å². The third-order valence-electron chi connectivity index (χ3n) is 2.72. The molecule has 0 aromatic carbocycles. The molecular weight excluding hydrogens is 262 g/mol. The number of amides is 1. The zero-order valence-corrected chi connectivity index (χ0v) is 10.5. The fourth-order valence-corrected chi connectivity index (χ4v) is 2.76. The minimum atomic E-state index is -0.493. The maximum Gasteiger partial charge on any atom is 0.435 e. The molecule has 0 unspecified atom stereocenters. The van der Waals surface area contributed by atoms with Crippen molar-refractivity contribution in [2.75, 3.05) is 6.61 Å². The highest BCUT2D eigenvalue weighted by molar-refractivity contribution is 7.15. The Morgan fingerprint density at radius 2 is 2.41 bits per heavy atom. The highest BCUT2D eigenvalue weighted by Gasteiger charge is 2.34. The number of hydrogen-bond acceptors (Lipinski definition) is 5. The average molecular weight is 272 g/mol. The second-order valence-electron chi connectivity index (χ2n) is 4.02. The summed E-state index contributed by atoms with van der Waals surface area (Å²) in [6.07, 6.45) is 3.55. The first-order valence-corrected chi connectivity index (χ1v) is 6.53. The molecule has 0 saturated heterocycles. The molecule has 1 fully saturated rings. The van der Waals surface area contributed by atoms with E-state index in [4.69, 9.17) is 16.3 Å². The summed E-state index contributed by atoms with van der Waals surface area (Å²) in [4.78, 5) is 22.1. The van der Waals surface area contributed by atoms with Gasteiger partial charge in [0, 0.05) is 17.1 Å². The summed E-state index contributed by atoms with van der Waals surface area (Å²) in [5, 5.41) is 0. The maximum absolute atomic E-state index is 11.0. The van der Waals surface area contributed by atoms with Gasteiger partial charge in [0.25, 0.3) is 0 Å². The van der Waals surface area contributed by atoms with Crippen molar-refractivity contribution >= 4 is 34.9 Å². The third-order valence-corrected chi connectivity index (χ3v) is 3.82. The van der Waals surface area contributed by atoms with Crippen LogP contribution in [0.5, 0.6) is 0 Å². The number of carbonyl (C=O) groups excluding carboxylic acids is 1. The quantitative estimate of drug-likeness (QED) is 0.847. The second kappa shape index (κ2) is 4.27. The lowest BCUT2D eigenvalue weighted by molar-refractivity contribution is 0.179. The lowest BCUT2D eigenvalue weighted by atomic mass is 10.4. The van der Waals surface area contributed by atoms with Crippen LogP contribution >= 0.6 is 22.9 Å². The smallest absolute Gasteiger partial charge is 0.435 e. The van der Waals surface area contributed by atoms with E-state index in [9.17, 15) is 4.79 Å². The van der Waals surface area contributed by atoms with Crippen LogP contribution < -0.4 is 0 Å². The number of aliphatic imine (C=N–C) groups is 1. The molecule has 1 aromatic heterocycles. The number of amidine groups is 1. The number of cyclic esters (lactones) is 1. The van der Waals surface area contributed by atoms with Gasteiger partial charge in [0.1, 0.15) is 0 Å². The standard InChI is InChI=1S/C10H10ClN3O2S/c11-9-12-3-7(17-9)4-14(6-1-2-6)8-5-16-10(15)13-8/h3,6H,1-2,4-5H2. The highest BCUT2D eigenvalue weighted by atomic mass is 35.5. The van der Waals surface area contributed by atoms with Gasteiger partial charge in [-0.1, -0.05) is 11.6 Å². The molecule has 1 saturated carbocycles. The summed E-state index contributed by atoms with van der Waals surface area (Å²) in [5.41, 5.74) is 0. The van der Waals surface area contributed by atoms with Crippen LogP contribution in [0.25, 0.3) is 0 Å². The van der Waals surface area contributed by atoms with Crippen molar-refractivity contribution in [3.8, 4) is 0 Å². The summed E-state index contributed by atoms with van der Waals surface area (Å²) in [6.45, 7) is 0.979. The number of hydrogen-bond donors (Lipinski definition) is 0. The first kappa shape index (κ1) is 11.0. The fourth-order valence-electron chi connectivity index (χ4n) is 1.79. The number of rotatable bonds is 3. The minimum absolute atomic E-state index is 0.280. The van der Waals surface area contributed by atoms with Gasteiger partial charge in [-0.2, -0.15) is 4.99 Å². The Bertz CT molecular complexity index is 484. The van der Waals surface area contributed by atoms with Crippen molar-refractivity contribution in [1.82, 2.24) is 9.88 Å². The van der Waals surface area contributed by atoms with Crippen LogP contribution in [0.15, 0.2) is 11.2 Å². The molecule has 0 radical (unpaired) electrons. The Hall–Kier alpha value is -1.14. The Morgan fingerprint density at radius 3 is 2.94 bits per heavy atom. The van der Waals surface area contributed by atoms with E-state index in [-0.39, 0.29) is 6.61 Å². The van der Waals surface area contributed by atoms with Gasteiger partial charge in [-0.25, -0.2) is 9.78 Å². The normalized spacial score (nSPS) is 19.1. The molecule has 1 aromatic rings. The van der Waals surface area contributed by atoms with Crippen molar-refractivity contribution in [2.24, 2.45) is 4.99 Å². The summed E-state index contributed by atoms with van der Waals surface area (Å²) in [7, 11) is 0. The van der Waals surface area contributed by atoms with Gasteiger partial charge in [-0.05, 0) is 12.8 Å². The summed E-state index contributed by atoms with van der Waals surface area (Å²) in [5.74, 6) is 0.724. The number of carbonyl (C=O) groups is 1. The third kappa shape index (κ3) is 2.42. The van der Waals surface area contributed by atoms with E-state index < -0.39 is 6.09 Å². The van der Waals surface area contributed by atoms with Gasteiger partial charge < -0.3 is 9.64 Å². The van der Waals surface area contributed by atoms with Crippen LogP contribution in [0.4, 0.5) is 4.79 Å². The van der Waals surface area contributed by atoms with E-state index in [1.807, 2.05) is 0 Å². The first-order chi connectivity index (χ1) is 8.22. The number of ether oxygens (including phenoxy) is 1. The lowest BCUT2D eigenvalue weighted by Gasteiger charge is -2.21. The molecule has 1 aliphatic heterocycles. The van der Waals surface area contributed by atoms with E-state index in [0.717, 1.165) is 23.6 Å². The predicted octanol–water partition coefficient (Wildman–Crippen LogP) is 2.31. The van der Waals surface area contributed by atoms with Crippen molar-refractivity contribution in [3.05, 3.63) is 15.5 Å². The van der Waals surface area contributed by atoms with Gasteiger partial charge >= 0.3 is 6.09 Å². The van der Waals surface area contributed by atoms with Crippen molar-refractivity contribution in [3.63, 3.8) is 0 Å². The molecular formula is C10H10ClN3O2S. The summed E-state index contributed by atoms with van der Waals surface area (Å²) < 4.78 is 5.38. The maximum atomic E-state index is 11.0. The van der Waals surface area contributed by atoms with Crippen LogP contribution in [0, 0.1) is 0 Å². The SMILES string of the molecule is O=C1N=C(N(Cc2cnc(Cl)s2)C2CC2)CO1. The Kier molecular flexibility index (Phi) is 2.76. The van der Waals surface area contributed by atoms with Crippen molar-refractivity contribution in [2.45, 2.75) is 25.4 Å². The molecule has 2 heterocycles. The topological polar surface area (TPSA) is 54.8 Å². The average Bonchev–Trinajstić information content (AvgIpc) is 2.92. The van der Waals surface area contributed by atoms with Crippen molar-refractivity contribution in [1.29, 1.82) is 0 Å². The minimum Gasteiger partial charge on any atom is -0.440 e. The van der Waals surface area contributed by atoms with E-state index in [2.05, 4.69) is 14.9 Å². The van der Waals surface area contributed by atoms with Crippen molar-refractivity contribution < 1.29 is 9.53 Å². The van der Waals surface area contributed by atoms with E-state index >= 15 is 0 Å². The number of thiazole rings is 1. The first-order valence-electron chi connectivity index (χ1n) is 5.33. The lowest BCUT2D eigenvalue weighted by Crippen LogP contribution is -2.33. The molecule has 90 valence electrons. The zero-order valence-electron chi connectivity index (χ0n) is 8.93. The van der Waals surface area contributed by atoms with Crippen LogP contribution in [0.1, 0.15) is 17.7 Å². The van der Waals surface area contributed by atoms with E-state index in [0.29, 0.717) is 17.1 Å². The molecule has 5 nitrogen and oxygen atoms in total. The molecule has 7 heteroatoms. The molecule has 0 N–H and O–H groups in total. The monoisotopic (exact) mass is 271 g/mol. The second-order valence-corrected chi connectivity index (χ2v) is 5.72. The van der Waals surface area contributed by atoms with Gasteiger partial charge in [-0.3, -0.25) is 0 Å². The van der Waals surface area contributed by atoms with E-state index in [1.165, 1.54) is 11.3 Å².